The van der Waals surface area contributed by atoms with Gasteiger partial charge in [-0.15, -0.1) is 0 Å². The summed E-state index contributed by atoms with van der Waals surface area (Å²) >= 11 is 0. The Kier molecular flexibility index (Phi) is 7.35. The second kappa shape index (κ2) is 10.5. The molecule has 0 bridgehead atoms. The quantitative estimate of drug-likeness (QED) is 0.295. The third kappa shape index (κ3) is 5.22. The molecule has 3 heterocycles. The summed E-state index contributed by atoms with van der Waals surface area (Å²) in [4.78, 5) is 48.7. The number of amides is 1. The highest BCUT2D eigenvalue weighted by Crippen LogP contribution is 2.22. The van der Waals surface area contributed by atoms with Crippen molar-refractivity contribution in [3.63, 3.8) is 0 Å². The molecule has 0 radical (unpaired) electrons. The number of hydrogen-bond donors (Lipinski definition) is 0. The molecule has 0 spiro atoms. The number of nitrogens with zero attached hydrogens (tertiary/aromatic N) is 4. The van der Waals surface area contributed by atoms with E-state index in [4.69, 9.17) is 9.47 Å². The third-order valence-electron chi connectivity index (χ3n) is 6.01. The topological polar surface area (TPSA) is 104 Å². The van der Waals surface area contributed by atoms with Gasteiger partial charge < -0.3 is 14.0 Å². The Bertz CT molecular complexity index is 1610. The maximum Gasteiger partial charge on any atom is 0.341 e. The second-order valence-corrected chi connectivity index (χ2v) is 9.57. The van der Waals surface area contributed by atoms with Crippen LogP contribution in [0.4, 0.5) is 0 Å². The van der Waals surface area contributed by atoms with Crippen molar-refractivity contribution < 1.29 is 19.1 Å². The minimum atomic E-state index is -0.692. The van der Waals surface area contributed by atoms with Crippen LogP contribution < -0.4 is 11.0 Å². The fourth-order valence-corrected chi connectivity index (χ4v) is 4.03. The lowest BCUT2D eigenvalue weighted by Crippen LogP contribution is -2.33. The van der Waals surface area contributed by atoms with Crippen LogP contribution in [-0.4, -0.2) is 46.2 Å². The van der Waals surface area contributed by atoms with Crippen molar-refractivity contribution in [1.82, 2.24) is 14.0 Å². The van der Waals surface area contributed by atoms with Crippen molar-refractivity contribution in [2.24, 2.45) is 4.99 Å². The molecule has 0 saturated heterocycles. The van der Waals surface area contributed by atoms with Gasteiger partial charge in [0.05, 0.1) is 18.6 Å². The number of hydrogen-bond acceptors (Lipinski definition) is 6. The van der Waals surface area contributed by atoms with Gasteiger partial charge in [-0.25, -0.2) is 9.78 Å². The van der Waals surface area contributed by atoms with E-state index in [0.717, 1.165) is 5.56 Å². The standard InChI is InChI=1S/C28H30N4O5/c1-6-37-27(35)21-17-20-23(29-22-9-7-8-14-31(22)26(20)34)32(15-16-36-5)24(21)30-25(33)18-10-12-19(13-11-18)28(2,3)4/h7-14,17H,6,15-16H2,1-5H3. The summed E-state index contributed by atoms with van der Waals surface area (Å²) in [5.41, 5.74) is 1.79. The zero-order valence-corrected chi connectivity index (χ0v) is 21.6. The zero-order valence-electron chi connectivity index (χ0n) is 21.6. The Labute approximate surface area is 214 Å². The Morgan fingerprint density at radius 2 is 1.81 bits per heavy atom. The number of fused-ring (bicyclic) bond motifs is 2. The van der Waals surface area contributed by atoms with Crippen molar-refractivity contribution in [2.75, 3.05) is 20.3 Å². The molecule has 4 aromatic rings. The molecule has 9 heteroatoms. The maximum atomic E-state index is 13.3. The number of pyridine rings is 2. The number of carbonyl (C=O) groups is 2. The second-order valence-electron chi connectivity index (χ2n) is 9.57. The number of rotatable bonds is 6. The molecule has 37 heavy (non-hydrogen) atoms. The largest absolute Gasteiger partial charge is 0.462 e. The zero-order chi connectivity index (χ0) is 26.7. The first-order valence-corrected chi connectivity index (χ1v) is 12.1. The molecule has 3 aromatic heterocycles. The third-order valence-corrected chi connectivity index (χ3v) is 6.01. The summed E-state index contributed by atoms with van der Waals surface area (Å²) in [6, 6.07) is 13.8. The summed E-state index contributed by atoms with van der Waals surface area (Å²) in [6.07, 6.45) is 1.61. The van der Waals surface area contributed by atoms with Gasteiger partial charge in [-0.3, -0.25) is 14.0 Å². The first kappa shape index (κ1) is 26.0. The molecule has 0 fully saturated rings. The van der Waals surface area contributed by atoms with E-state index in [0.29, 0.717) is 11.2 Å². The molecular formula is C28H30N4O5. The normalized spacial score (nSPS) is 12.3. The van der Waals surface area contributed by atoms with E-state index < -0.39 is 11.9 Å². The molecule has 0 aliphatic heterocycles. The monoisotopic (exact) mass is 502 g/mol. The van der Waals surface area contributed by atoms with E-state index in [9.17, 15) is 14.4 Å². The van der Waals surface area contributed by atoms with Gasteiger partial charge in [0.2, 0.25) is 0 Å². The Morgan fingerprint density at radius 1 is 1.08 bits per heavy atom. The molecule has 1 aromatic carbocycles. The van der Waals surface area contributed by atoms with Crippen molar-refractivity contribution >= 4 is 28.6 Å². The van der Waals surface area contributed by atoms with Crippen LogP contribution in [0.5, 0.6) is 0 Å². The minimum Gasteiger partial charge on any atom is -0.462 e. The minimum absolute atomic E-state index is 0.0000964. The van der Waals surface area contributed by atoms with Gasteiger partial charge >= 0.3 is 5.97 Å². The van der Waals surface area contributed by atoms with Crippen molar-refractivity contribution in [3.8, 4) is 0 Å². The molecular weight excluding hydrogens is 472 g/mol. The van der Waals surface area contributed by atoms with Gasteiger partial charge in [0.15, 0.2) is 5.49 Å². The van der Waals surface area contributed by atoms with Crippen LogP contribution in [0.15, 0.2) is 64.5 Å². The molecule has 0 saturated carbocycles. The smallest absolute Gasteiger partial charge is 0.341 e. The van der Waals surface area contributed by atoms with E-state index in [1.54, 1.807) is 48.0 Å². The lowest BCUT2D eigenvalue weighted by atomic mass is 9.87. The highest BCUT2D eigenvalue weighted by molar-refractivity contribution is 5.97. The highest BCUT2D eigenvalue weighted by atomic mass is 16.5. The number of methoxy groups -OCH3 is 1. The number of benzene rings is 1. The van der Waals surface area contributed by atoms with Crippen LogP contribution in [0.3, 0.4) is 0 Å². The number of esters is 1. The van der Waals surface area contributed by atoms with Crippen LogP contribution in [0.1, 0.15) is 54.0 Å². The number of ether oxygens (including phenoxy) is 2. The van der Waals surface area contributed by atoms with Crippen molar-refractivity contribution in [3.05, 3.63) is 87.3 Å². The SMILES string of the molecule is CCOC(=O)c1cc2c(=O)n3ccccc3nc2n(CCOC)c1=NC(=O)c1ccc(C(C)(C)C)cc1. The van der Waals surface area contributed by atoms with Crippen molar-refractivity contribution in [1.29, 1.82) is 0 Å². The molecule has 0 aliphatic carbocycles. The molecule has 9 nitrogen and oxygen atoms in total. The summed E-state index contributed by atoms with van der Waals surface area (Å²) in [5.74, 6) is -1.23. The molecule has 0 N–H and O–H groups in total. The van der Waals surface area contributed by atoms with Gasteiger partial charge in [0.25, 0.3) is 11.5 Å². The summed E-state index contributed by atoms with van der Waals surface area (Å²) in [5, 5.41) is 0.198. The maximum absolute atomic E-state index is 13.3. The van der Waals surface area contributed by atoms with E-state index in [-0.39, 0.29) is 52.8 Å². The first-order chi connectivity index (χ1) is 17.7. The van der Waals surface area contributed by atoms with E-state index in [1.165, 1.54) is 17.6 Å². The predicted octanol–water partition coefficient (Wildman–Crippen LogP) is 3.51. The number of carbonyl (C=O) groups excluding carboxylic acids is 2. The van der Waals surface area contributed by atoms with Gasteiger partial charge in [-0.05, 0) is 48.2 Å². The van der Waals surface area contributed by atoms with Crippen LogP contribution >= 0.6 is 0 Å². The summed E-state index contributed by atoms with van der Waals surface area (Å²) in [6.45, 7) is 8.50. The lowest BCUT2D eigenvalue weighted by molar-refractivity contribution is 0.0523. The average molecular weight is 503 g/mol. The first-order valence-electron chi connectivity index (χ1n) is 12.1. The van der Waals surface area contributed by atoms with E-state index in [1.807, 2.05) is 12.1 Å². The highest BCUT2D eigenvalue weighted by Gasteiger charge is 2.21. The summed E-state index contributed by atoms with van der Waals surface area (Å²) < 4.78 is 13.5. The van der Waals surface area contributed by atoms with Gasteiger partial charge in [-0.2, -0.15) is 4.99 Å². The molecule has 0 aliphatic rings. The summed E-state index contributed by atoms with van der Waals surface area (Å²) in [7, 11) is 1.54. The van der Waals surface area contributed by atoms with Gasteiger partial charge in [-0.1, -0.05) is 39.0 Å². The molecule has 1 amide bonds. The molecule has 4 rings (SSSR count). The molecule has 0 atom stereocenters. The number of aromatic nitrogens is 3. The van der Waals surface area contributed by atoms with Gasteiger partial charge in [0, 0.05) is 25.4 Å². The van der Waals surface area contributed by atoms with E-state index >= 15 is 0 Å². The van der Waals surface area contributed by atoms with Crippen LogP contribution in [-0.2, 0) is 21.4 Å². The Hall–Kier alpha value is -4.11. The van der Waals surface area contributed by atoms with Crippen molar-refractivity contribution in [2.45, 2.75) is 39.7 Å². The van der Waals surface area contributed by atoms with E-state index in [2.05, 4.69) is 30.7 Å². The van der Waals surface area contributed by atoms with Crippen LogP contribution in [0.25, 0.3) is 16.7 Å². The Balaban J connectivity index is 2.03. The lowest BCUT2D eigenvalue weighted by Gasteiger charge is -2.18. The fraction of sp³-hybridized carbons (Fsp3) is 0.321. The van der Waals surface area contributed by atoms with Gasteiger partial charge in [0.1, 0.15) is 16.9 Å². The molecule has 0 unspecified atom stereocenters. The Morgan fingerprint density at radius 3 is 2.46 bits per heavy atom. The average Bonchev–Trinajstić information content (AvgIpc) is 2.87. The van der Waals surface area contributed by atoms with Crippen LogP contribution in [0.2, 0.25) is 0 Å². The molecule has 192 valence electrons. The fourth-order valence-electron chi connectivity index (χ4n) is 4.03. The predicted molar refractivity (Wildman–Crippen MR) is 140 cm³/mol. The van der Waals surface area contributed by atoms with Crippen LogP contribution in [0, 0.1) is 0 Å².